The first-order valence-electron chi connectivity index (χ1n) is 4.50. The molecule has 2 rings (SSSR count). The van der Waals surface area contributed by atoms with Crippen LogP contribution in [0.1, 0.15) is 17.1 Å². The summed E-state index contributed by atoms with van der Waals surface area (Å²) in [6.07, 6.45) is 1.88. The van der Waals surface area contributed by atoms with Crippen molar-refractivity contribution in [2.24, 2.45) is 0 Å². The van der Waals surface area contributed by atoms with Gasteiger partial charge in [-0.3, -0.25) is 0 Å². The van der Waals surface area contributed by atoms with E-state index >= 15 is 0 Å². The fraction of sp³-hybridized carbons (Fsp3) is 0.400. The minimum Gasteiger partial charge on any atom is -0.495 e. The van der Waals surface area contributed by atoms with Crippen LogP contribution < -0.4 is 4.74 Å². The van der Waals surface area contributed by atoms with E-state index in [9.17, 15) is 0 Å². The van der Waals surface area contributed by atoms with Gasteiger partial charge < -0.3 is 4.74 Å². The lowest BCUT2D eigenvalue weighted by Gasteiger charge is -2.00. The number of methoxy groups -OCH3 is 1. The first-order chi connectivity index (χ1) is 6.63. The van der Waals surface area contributed by atoms with Gasteiger partial charge in [0.25, 0.3) is 0 Å². The van der Waals surface area contributed by atoms with E-state index in [4.69, 9.17) is 4.74 Å². The Balaban J connectivity index is 2.85. The first-order valence-corrected chi connectivity index (χ1v) is 4.50. The molecule has 0 fully saturated rings. The van der Waals surface area contributed by atoms with Crippen molar-refractivity contribution in [1.82, 2.24) is 14.6 Å². The maximum absolute atomic E-state index is 5.24. The molecule has 14 heavy (non-hydrogen) atoms. The van der Waals surface area contributed by atoms with E-state index in [1.165, 1.54) is 0 Å². The molecule has 2 aromatic rings. The standard InChI is InChI=1S/C10H13N3O/c1-6-9(14-4)5-13-10(6)7(2)11-8(3)12-13/h5H,1-4H3. The van der Waals surface area contributed by atoms with Gasteiger partial charge in [-0.05, 0) is 20.8 Å². The SMILES string of the molecule is COc1cn2nc(C)nc(C)c2c1C. The number of rotatable bonds is 1. The molecule has 0 bridgehead atoms. The summed E-state index contributed by atoms with van der Waals surface area (Å²) in [5, 5.41) is 4.29. The third-order valence-corrected chi connectivity index (χ3v) is 2.34. The van der Waals surface area contributed by atoms with Crippen LogP contribution in [-0.4, -0.2) is 21.7 Å². The second kappa shape index (κ2) is 2.97. The van der Waals surface area contributed by atoms with Crippen LogP contribution in [0.15, 0.2) is 6.20 Å². The Morgan fingerprint density at radius 2 is 2.00 bits per heavy atom. The van der Waals surface area contributed by atoms with Gasteiger partial charge in [-0.15, -0.1) is 0 Å². The highest BCUT2D eigenvalue weighted by molar-refractivity contribution is 5.63. The van der Waals surface area contributed by atoms with E-state index in [0.29, 0.717) is 0 Å². The minimum absolute atomic E-state index is 0.771. The molecular weight excluding hydrogens is 178 g/mol. The van der Waals surface area contributed by atoms with Crippen molar-refractivity contribution in [2.45, 2.75) is 20.8 Å². The summed E-state index contributed by atoms with van der Waals surface area (Å²) in [7, 11) is 1.66. The molecule has 0 aromatic carbocycles. The van der Waals surface area contributed by atoms with Gasteiger partial charge in [0, 0.05) is 5.56 Å². The van der Waals surface area contributed by atoms with Gasteiger partial charge in [0.15, 0.2) is 0 Å². The predicted molar refractivity (Wildman–Crippen MR) is 53.8 cm³/mol. The van der Waals surface area contributed by atoms with Crippen molar-refractivity contribution in [3.05, 3.63) is 23.3 Å². The molecular formula is C10H13N3O. The lowest BCUT2D eigenvalue weighted by molar-refractivity contribution is 0.412. The highest BCUT2D eigenvalue weighted by Crippen LogP contribution is 2.24. The average Bonchev–Trinajstić information content (AvgIpc) is 2.42. The molecule has 0 unspecified atom stereocenters. The van der Waals surface area contributed by atoms with Crippen molar-refractivity contribution in [2.75, 3.05) is 7.11 Å². The molecule has 0 saturated carbocycles. The Kier molecular flexibility index (Phi) is 1.91. The molecule has 0 N–H and O–H groups in total. The Morgan fingerprint density at radius 3 is 2.64 bits per heavy atom. The smallest absolute Gasteiger partial charge is 0.146 e. The summed E-state index contributed by atoms with van der Waals surface area (Å²) in [4.78, 5) is 4.32. The molecule has 2 heterocycles. The average molecular weight is 191 g/mol. The third-order valence-electron chi connectivity index (χ3n) is 2.34. The molecule has 74 valence electrons. The fourth-order valence-electron chi connectivity index (χ4n) is 1.76. The van der Waals surface area contributed by atoms with Gasteiger partial charge in [-0.2, -0.15) is 5.10 Å². The van der Waals surface area contributed by atoms with Crippen LogP contribution in [0.3, 0.4) is 0 Å². The highest BCUT2D eigenvalue weighted by atomic mass is 16.5. The predicted octanol–water partition coefficient (Wildman–Crippen LogP) is 1.66. The third kappa shape index (κ3) is 1.14. The van der Waals surface area contributed by atoms with Gasteiger partial charge in [0.05, 0.1) is 24.5 Å². The van der Waals surface area contributed by atoms with Crippen LogP contribution in [0.4, 0.5) is 0 Å². The van der Waals surface area contributed by atoms with E-state index in [2.05, 4.69) is 10.1 Å². The van der Waals surface area contributed by atoms with Crippen LogP contribution in [0.25, 0.3) is 5.52 Å². The van der Waals surface area contributed by atoms with Gasteiger partial charge in [0.1, 0.15) is 11.6 Å². The number of hydrogen-bond donors (Lipinski definition) is 0. The Morgan fingerprint density at radius 1 is 1.29 bits per heavy atom. The molecule has 0 atom stereocenters. The van der Waals surface area contributed by atoms with E-state index in [1.807, 2.05) is 31.5 Å². The summed E-state index contributed by atoms with van der Waals surface area (Å²) in [5.74, 6) is 1.63. The number of nitrogens with zero attached hydrogens (tertiary/aromatic N) is 3. The quantitative estimate of drug-likeness (QED) is 0.688. The maximum Gasteiger partial charge on any atom is 0.146 e. The highest BCUT2D eigenvalue weighted by Gasteiger charge is 2.10. The molecule has 0 aliphatic carbocycles. The van der Waals surface area contributed by atoms with Crippen molar-refractivity contribution in [3.8, 4) is 5.75 Å². The van der Waals surface area contributed by atoms with Crippen LogP contribution in [0.5, 0.6) is 5.75 Å². The summed E-state index contributed by atoms with van der Waals surface area (Å²) >= 11 is 0. The molecule has 0 aliphatic heterocycles. The van der Waals surface area contributed by atoms with Crippen molar-refractivity contribution in [3.63, 3.8) is 0 Å². The van der Waals surface area contributed by atoms with E-state index in [1.54, 1.807) is 7.11 Å². The number of hydrogen-bond acceptors (Lipinski definition) is 3. The zero-order chi connectivity index (χ0) is 10.3. The van der Waals surface area contributed by atoms with Gasteiger partial charge in [-0.25, -0.2) is 9.50 Å². The zero-order valence-corrected chi connectivity index (χ0v) is 8.83. The maximum atomic E-state index is 5.24. The lowest BCUT2D eigenvalue weighted by Crippen LogP contribution is -1.99. The second-order valence-electron chi connectivity index (χ2n) is 3.36. The summed E-state index contributed by atoms with van der Waals surface area (Å²) in [6.45, 7) is 5.88. The molecule has 2 aromatic heterocycles. The van der Waals surface area contributed by atoms with Gasteiger partial charge in [0.2, 0.25) is 0 Å². The Bertz CT molecular complexity index is 488. The molecule has 0 saturated heterocycles. The topological polar surface area (TPSA) is 39.4 Å². The molecule has 0 spiro atoms. The number of ether oxygens (including phenoxy) is 1. The largest absolute Gasteiger partial charge is 0.495 e. The normalized spacial score (nSPS) is 10.9. The van der Waals surface area contributed by atoms with Crippen LogP contribution in [0, 0.1) is 20.8 Å². The lowest BCUT2D eigenvalue weighted by atomic mass is 10.2. The Hall–Kier alpha value is -1.58. The monoisotopic (exact) mass is 191 g/mol. The first kappa shape index (κ1) is 8.99. The Labute approximate surface area is 82.5 Å². The van der Waals surface area contributed by atoms with Crippen LogP contribution in [0.2, 0.25) is 0 Å². The van der Waals surface area contributed by atoms with Crippen molar-refractivity contribution in [1.29, 1.82) is 0 Å². The zero-order valence-electron chi connectivity index (χ0n) is 8.83. The number of aryl methyl sites for hydroxylation is 3. The fourth-order valence-corrected chi connectivity index (χ4v) is 1.76. The molecule has 0 radical (unpaired) electrons. The molecule has 0 amide bonds. The number of fused-ring (bicyclic) bond motifs is 1. The van der Waals surface area contributed by atoms with Gasteiger partial charge >= 0.3 is 0 Å². The molecule has 0 aliphatic rings. The summed E-state index contributed by atoms with van der Waals surface area (Å²) < 4.78 is 7.06. The minimum atomic E-state index is 0.771. The van der Waals surface area contributed by atoms with Crippen LogP contribution in [-0.2, 0) is 0 Å². The van der Waals surface area contributed by atoms with E-state index in [-0.39, 0.29) is 0 Å². The van der Waals surface area contributed by atoms with Gasteiger partial charge in [-0.1, -0.05) is 0 Å². The summed E-state index contributed by atoms with van der Waals surface area (Å²) in [5.41, 5.74) is 3.11. The van der Waals surface area contributed by atoms with Crippen LogP contribution >= 0.6 is 0 Å². The molecule has 4 nitrogen and oxygen atoms in total. The second-order valence-corrected chi connectivity index (χ2v) is 3.36. The van der Waals surface area contributed by atoms with Crippen molar-refractivity contribution < 1.29 is 4.74 Å². The van der Waals surface area contributed by atoms with Crippen molar-refractivity contribution >= 4 is 5.52 Å². The van der Waals surface area contributed by atoms with E-state index < -0.39 is 0 Å². The summed E-state index contributed by atoms with van der Waals surface area (Å²) in [6, 6.07) is 0. The van der Waals surface area contributed by atoms with E-state index in [0.717, 1.165) is 28.3 Å². The molecule has 4 heteroatoms. The number of aromatic nitrogens is 3.